The van der Waals surface area contributed by atoms with Crippen LogP contribution in [0.5, 0.6) is 0 Å². The summed E-state index contributed by atoms with van der Waals surface area (Å²) in [5, 5.41) is 3.92. The molecule has 1 aliphatic rings. The highest BCUT2D eigenvalue weighted by Gasteiger charge is 2.23. The van der Waals surface area contributed by atoms with Crippen LogP contribution in [0.15, 0.2) is 28.8 Å². The van der Waals surface area contributed by atoms with Gasteiger partial charge in [0, 0.05) is 57.7 Å². The molecule has 1 saturated heterocycles. The van der Waals surface area contributed by atoms with Gasteiger partial charge in [-0.3, -0.25) is 14.5 Å². The molecule has 3 rings (SSSR count). The average molecular weight is 432 g/mol. The Hall–Kier alpha value is -2.81. The summed E-state index contributed by atoms with van der Waals surface area (Å²) in [6.07, 6.45) is 1.54. The summed E-state index contributed by atoms with van der Waals surface area (Å²) in [7, 11) is 0. The summed E-state index contributed by atoms with van der Waals surface area (Å²) in [6.45, 7) is 8.52. The first-order chi connectivity index (χ1) is 15.0. The fourth-order valence-electron chi connectivity index (χ4n) is 3.64. The number of rotatable bonds is 9. The van der Waals surface area contributed by atoms with Gasteiger partial charge in [0.2, 0.25) is 23.5 Å². The number of piperazine rings is 1. The highest BCUT2D eigenvalue weighted by molar-refractivity contribution is 5.78. The minimum absolute atomic E-state index is 0.105. The van der Waals surface area contributed by atoms with Gasteiger partial charge in [-0.05, 0) is 44.5 Å². The van der Waals surface area contributed by atoms with Crippen molar-refractivity contribution in [2.75, 3.05) is 45.8 Å². The van der Waals surface area contributed by atoms with Crippen molar-refractivity contribution in [3.05, 3.63) is 36.0 Å². The molecule has 1 fully saturated rings. The molecule has 1 aromatic heterocycles. The zero-order valence-electron chi connectivity index (χ0n) is 18.2. The van der Waals surface area contributed by atoms with Gasteiger partial charge in [-0.2, -0.15) is 4.98 Å². The van der Waals surface area contributed by atoms with Crippen LogP contribution in [-0.4, -0.2) is 82.5 Å². The van der Waals surface area contributed by atoms with Crippen molar-refractivity contribution in [2.24, 2.45) is 0 Å². The second-order valence-corrected chi connectivity index (χ2v) is 7.60. The summed E-state index contributed by atoms with van der Waals surface area (Å²) in [5.41, 5.74) is 0.685. The monoisotopic (exact) mass is 431 g/mol. The van der Waals surface area contributed by atoms with E-state index in [4.69, 9.17) is 4.52 Å². The summed E-state index contributed by atoms with van der Waals surface area (Å²) in [4.78, 5) is 34.9. The molecule has 2 amide bonds. The topological polar surface area (TPSA) is 82.8 Å². The number of aryl methyl sites for hydroxylation is 1. The van der Waals surface area contributed by atoms with E-state index in [9.17, 15) is 14.0 Å². The van der Waals surface area contributed by atoms with Gasteiger partial charge in [0.15, 0.2) is 0 Å². The molecule has 0 radical (unpaired) electrons. The number of carbonyl (C=O) groups excluding carboxylic acids is 2. The Morgan fingerprint density at radius 1 is 1.10 bits per heavy atom. The summed E-state index contributed by atoms with van der Waals surface area (Å²) < 4.78 is 18.3. The van der Waals surface area contributed by atoms with Gasteiger partial charge >= 0.3 is 0 Å². The maximum atomic E-state index is 13.0. The Labute approximate surface area is 182 Å². The van der Waals surface area contributed by atoms with E-state index < -0.39 is 0 Å². The number of carbonyl (C=O) groups is 2. The van der Waals surface area contributed by atoms with Gasteiger partial charge in [-0.25, -0.2) is 4.39 Å². The lowest BCUT2D eigenvalue weighted by atomic mass is 10.2. The Morgan fingerprint density at radius 2 is 1.77 bits per heavy atom. The quantitative estimate of drug-likeness (QED) is 0.605. The predicted molar refractivity (Wildman–Crippen MR) is 114 cm³/mol. The smallest absolute Gasteiger partial charge is 0.236 e. The third-order valence-corrected chi connectivity index (χ3v) is 5.55. The molecule has 1 aromatic carbocycles. The zero-order valence-corrected chi connectivity index (χ0v) is 18.2. The number of hydrogen-bond acceptors (Lipinski definition) is 6. The molecular weight excluding hydrogens is 401 g/mol. The van der Waals surface area contributed by atoms with Crippen LogP contribution in [-0.2, 0) is 16.0 Å². The Balaban J connectivity index is 1.38. The van der Waals surface area contributed by atoms with Gasteiger partial charge in [0.05, 0.1) is 6.54 Å². The SMILES string of the molecule is CCN(CC)C(=O)CN1CCN(C(=O)CCCc2nc(-c3ccc(F)cc3)no2)CC1. The van der Waals surface area contributed by atoms with Crippen LogP contribution in [0.4, 0.5) is 4.39 Å². The van der Waals surface area contributed by atoms with E-state index in [1.54, 1.807) is 12.1 Å². The van der Waals surface area contributed by atoms with Gasteiger partial charge in [0.1, 0.15) is 5.82 Å². The highest BCUT2D eigenvalue weighted by atomic mass is 19.1. The molecule has 0 bridgehead atoms. The molecule has 0 N–H and O–H groups in total. The molecule has 2 heterocycles. The number of hydrogen-bond donors (Lipinski definition) is 0. The molecule has 0 spiro atoms. The third kappa shape index (κ3) is 6.33. The van der Waals surface area contributed by atoms with Crippen molar-refractivity contribution in [3.8, 4) is 11.4 Å². The average Bonchev–Trinajstić information content (AvgIpc) is 3.24. The van der Waals surface area contributed by atoms with Gasteiger partial charge < -0.3 is 14.3 Å². The van der Waals surface area contributed by atoms with Crippen molar-refractivity contribution >= 4 is 11.8 Å². The molecule has 8 nitrogen and oxygen atoms in total. The van der Waals surface area contributed by atoms with Crippen molar-refractivity contribution in [1.29, 1.82) is 0 Å². The van der Waals surface area contributed by atoms with Gasteiger partial charge in [-0.15, -0.1) is 0 Å². The van der Waals surface area contributed by atoms with Crippen molar-refractivity contribution in [2.45, 2.75) is 33.1 Å². The summed E-state index contributed by atoms with van der Waals surface area (Å²) >= 11 is 0. The first-order valence-corrected chi connectivity index (χ1v) is 10.9. The lowest BCUT2D eigenvalue weighted by molar-refractivity contribution is -0.135. The standard InChI is InChI=1S/C22H30FN5O3/c1-3-27(4-2)21(30)16-26-12-14-28(15-13-26)20(29)7-5-6-19-24-22(25-31-19)17-8-10-18(23)11-9-17/h8-11H,3-7,12-16H2,1-2H3. The number of likely N-dealkylation sites (N-methyl/N-ethyl adjacent to an activating group) is 1. The fourth-order valence-corrected chi connectivity index (χ4v) is 3.64. The van der Waals surface area contributed by atoms with Gasteiger partial charge in [0.25, 0.3) is 0 Å². The lowest BCUT2D eigenvalue weighted by Gasteiger charge is -2.35. The summed E-state index contributed by atoms with van der Waals surface area (Å²) in [6, 6.07) is 5.90. The third-order valence-electron chi connectivity index (χ3n) is 5.55. The lowest BCUT2D eigenvalue weighted by Crippen LogP contribution is -2.51. The van der Waals surface area contributed by atoms with Crippen LogP contribution < -0.4 is 0 Å². The second kappa shape index (κ2) is 11.0. The molecule has 168 valence electrons. The molecule has 31 heavy (non-hydrogen) atoms. The molecule has 1 aliphatic heterocycles. The van der Waals surface area contributed by atoms with Crippen molar-refractivity contribution in [3.63, 3.8) is 0 Å². The first-order valence-electron chi connectivity index (χ1n) is 10.9. The number of aromatic nitrogens is 2. The number of nitrogens with zero attached hydrogens (tertiary/aromatic N) is 5. The molecule has 0 unspecified atom stereocenters. The minimum Gasteiger partial charge on any atom is -0.342 e. The van der Waals surface area contributed by atoms with E-state index in [0.717, 1.165) is 13.1 Å². The predicted octanol–water partition coefficient (Wildman–Crippen LogP) is 2.21. The molecule has 2 aromatic rings. The maximum absolute atomic E-state index is 13.0. The maximum Gasteiger partial charge on any atom is 0.236 e. The largest absolute Gasteiger partial charge is 0.342 e. The Kier molecular flexibility index (Phi) is 8.11. The van der Waals surface area contributed by atoms with Gasteiger partial charge in [-0.1, -0.05) is 5.16 Å². The van der Waals surface area contributed by atoms with Crippen LogP contribution in [0, 0.1) is 5.82 Å². The van der Waals surface area contributed by atoms with Crippen molar-refractivity contribution < 1.29 is 18.5 Å². The molecule has 9 heteroatoms. The normalized spacial score (nSPS) is 14.6. The number of amides is 2. The minimum atomic E-state index is -0.317. The van der Waals surface area contributed by atoms with Crippen LogP contribution in [0.3, 0.4) is 0 Å². The van der Waals surface area contributed by atoms with Crippen LogP contribution >= 0.6 is 0 Å². The van der Waals surface area contributed by atoms with Crippen LogP contribution in [0.25, 0.3) is 11.4 Å². The Morgan fingerprint density at radius 3 is 2.42 bits per heavy atom. The molecule has 0 aliphatic carbocycles. The first kappa shape index (κ1) is 22.9. The molecular formula is C22H30FN5O3. The highest BCUT2D eigenvalue weighted by Crippen LogP contribution is 2.17. The van der Waals surface area contributed by atoms with E-state index in [-0.39, 0.29) is 17.6 Å². The fraction of sp³-hybridized carbons (Fsp3) is 0.545. The zero-order chi connectivity index (χ0) is 22.2. The number of halogens is 1. The van der Waals surface area contributed by atoms with E-state index >= 15 is 0 Å². The molecule has 0 atom stereocenters. The van der Waals surface area contributed by atoms with Crippen LogP contribution in [0.2, 0.25) is 0 Å². The van der Waals surface area contributed by atoms with Crippen LogP contribution in [0.1, 0.15) is 32.6 Å². The second-order valence-electron chi connectivity index (χ2n) is 7.60. The number of benzene rings is 1. The summed E-state index contributed by atoms with van der Waals surface area (Å²) in [5.74, 6) is 0.809. The Bertz CT molecular complexity index is 858. The van der Waals surface area contributed by atoms with E-state index in [1.165, 1.54) is 12.1 Å². The molecule has 0 saturated carbocycles. The van der Waals surface area contributed by atoms with Crippen molar-refractivity contribution in [1.82, 2.24) is 24.8 Å². The van der Waals surface area contributed by atoms with E-state index in [0.29, 0.717) is 69.3 Å². The van der Waals surface area contributed by atoms with E-state index in [1.807, 2.05) is 23.6 Å². The van der Waals surface area contributed by atoms with E-state index in [2.05, 4.69) is 15.0 Å².